The van der Waals surface area contributed by atoms with Gasteiger partial charge in [-0.1, -0.05) is 13.3 Å². The van der Waals surface area contributed by atoms with Gasteiger partial charge < -0.3 is 10.4 Å². The molecule has 0 bridgehead atoms. The van der Waals surface area contributed by atoms with Crippen LogP contribution in [0.15, 0.2) is 0 Å². The van der Waals surface area contributed by atoms with Crippen molar-refractivity contribution in [2.45, 2.75) is 45.8 Å². The van der Waals surface area contributed by atoms with Crippen LogP contribution in [-0.2, 0) is 0 Å². The molecule has 2 atom stereocenters. The van der Waals surface area contributed by atoms with Crippen LogP contribution in [0.5, 0.6) is 0 Å². The summed E-state index contributed by atoms with van der Waals surface area (Å²) in [5, 5.41) is 12.1. The third-order valence-corrected chi connectivity index (χ3v) is 1.48. The lowest BCUT2D eigenvalue weighted by Gasteiger charge is -2.13. The highest BCUT2D eigenvalue weighted by atomic mass is 16.3. The van der Waals surface area contributed by atoms with E-state index in [9.17, 15) is 0 Å². The Hall–Kier alpha value is -0.0800. The summed E-state index contributed by atoms with van der Waals surface area (Å²) < 4.78 is 0. The molecule has 0 aliphatic carbocycles. The first kappa shape index (κ1) is 9.92. The van der Waals surface area contributed by atoms with E-state index in [2.05, 4.69) is 19.2 Å². The Morgan fingerprint density at radius 1 is 1.40 bits per heavy atom. The van der Waals surface area contributed by atoms with Gasteiger partial charge in [0.15, 0.2) is 0 Å². The number of hydrogen-bond acceptors (Lipinski definition) is 2. The summed E-state index contributed by atoms with van der Waals surface area (Å²) in [6.07, 6.45) is 2.17. The standard InChI is InChI=1S/C8H19NO/c1-4-5-7(2)9-6-8(3)10/h7-10H,4-6H2,1-3H3. The van der Waals surface area contributed by atoms with E-state index in [0.29, 0.717) is 12.6 Å². The van der Waals surface area contributed by atoms with Crippen LogP contribution in [0.25, 0.3) is 0 Å². The molecule has 10 heavy (non-hydrogen) atoms. The van der Waals surface area contributed by atoms with E-state index in [1.54, 1.807) is 6.92 Å². The third-order valence-electron chi connectivity index (χ3n) is 1.48. The highest BCUT2D eigenvalue weighted by Crippen LogP contribution is 1.94. The first-order valence-corrected chi connectivity index (χ1v) is 4.08. The monoisotopic (exact) mass is 145 g/mol. The Bertz CT molecular complexity index is 73.7. The van der Waals surface area contributed by atoms with Gasteiger partial charge >= 0.3 is 0 Å². The van der Waals surface area contributed by atoms with Crippen molar-refractivity contribution in [2.24, 2.45) is 0 Å². The Morgan fingerprint density at radius 2 is 2.00 bits per heavy atom. The largest absolute Gasteiger partial charge is 0.392 e. The molecule has 0 aromatic carbocycles. The van der Waals surface area contributed by atoms with Gasteiger partial charge in [0.05, 0.1) is 6.10 Å². The maximum Gasteiger partial charge on any atom is 0.0636 e. The topological polar surface area (TPSA) is 32.3 Å². The van der Waals surface area contributed by atoms with Gasteiger partial charge in [0.1, 0.15) is 0 Å². The van der Waals surface area contributed by atoms with E-state index in [1.807, 2.05) is 0 Å². The van der Waals surface area contributed by atoms with Crippen molar-refractivity contribution in [1.29, 1.82) is 0 Å². The number of nitrogens with one attached hydrogen (secondary N) is 1. The SMILES string of the molecule is CCCC(C)NCC(C)O. The molecule has 0 saturated heterocycles. The normalized spacial score (nSPS) is 16.8. The molecule has 0 saturated carbocycles. The van der Waals surface area contributed by atoms with Gasteiger partial charge in [-0.25, -0.2) is 0 Å². The van der Waals surface area contributed by atoms with Crippen LogP contribution in [0.4, 0.5) is 0 Å². The molecule has 0 spiro atoms. The molecule has 0 fully saturated rings. The van der Waals surface area contributed by atoms with Crippen LogP contribution in [0.2, 0.25) is 0 Å². The molecule has 62 valence electrons. The molecule has 0 aromatic rings. The minimum atomic E-state index is -0.223. The molecule has 2 heteroatoms. The molecule has 2 N–H and O–H groups in total. The molecule has 0 rings (SSSR count). The second kappa shape index (κ2) is 5.69. The van der Waals surface area contributed by atoms with Gasteiger partial charge in [-0.2, -0.15) is 0 Å². The van der Waals surface area contributed by atoms with E-state index in [1.165, 1.54) is 12.8 Å². The summed E-state index contributed by atoms with van der Waals surface area (Å²) in [4.78, 5) is 0. The molecule has 2 nitrogen and oxygen atoms in total. The molecular weight excluding hydrogens is 126 g/mol. The summed E-state index contributed by atoms with van der Waals surface area (Å²) in [5.41, 5.74) is 0. The fraction of sp³-hybridized carbons (Fsp3) is 1.00. The fourth-order valence-corrected chi connectivity index (χ4v) is 0.907. The lowest BCUT2D eigenvalue weighted by atomic mass is 10.2. The van der Waals surface area contributed by atoms with Crippen LogP contribution in [0, 0.1) is 0 Å². The summed E-state index contributed by atoms with van der Waals surface area (Å²) in [7, 11) is 0. The third kappa shape index (κ3) is 6.05. The van der Waals surface area contributed by atoms with Crippen molar-refractivity contribution in [2.75, 3.05) is 6.54 Å². The van der Waals surface area contributed by atoms with E-state index >= 15 is 0 Å². The van der Waals surface area contributed by atoms with E-state index in [-0.39, 0.29) is 6.10 Å². The van der Waals surface area contributed by atoms with Crippen molar-refractivity contribution in [1.82, 2.24) is 5.32 Å². The van der Waals surface area contributed by atoms with Crippen LogP contribution < -0.4 is 5.32 Å². The summed E-state index contributed by atoms with van der Waals surface area (Å²) in [6.45, 7) is 6.82. The van der Waals surface area contributed by atoms with Gasteiger partial charge in [-0.15, -0.1) is 0 Å². The Labute approximate surface area is 63.6 Å². The zero-order valence-electron chi connectivity index (χ0n) is 7.22. The predicted molar refractivity (Wildman–Crippen MR) is 44.1 cm³/mol. The van der Waals surface area contributed by atoms with Crippen molar-refractivity contribution in [3.05, 3.63) is 0 Å². The highest BCUT2D eigenvalue weighted by Gasteiger charge is 2.00. The second-order valence-electron chi connectivity index (χ2n) is 2.95. The minimum absolute atomic E-state index is 0.223. The van der Waals surface area contributed by atoms with E-state index < -0.39 is 0 Å². The van der Waals surface area contributed by atoms with E-state index in [0.717, 1.165) is 0 Å². The Morgan fingerprint density at radius 3 is 2.40 bits per heavy atom. The predicted octanol–water partition coefficient (Wildman–Crippen LogP) is 1.15. The fourth-order valence-electron chi connectivity index (χ4n) is 0.907. The number of rotatable bonds is 5. The van der Waals surface area contributed by atoms with Gasteiger partial charge in [0, 0.05) is 12.6 Å². The summed E-state index contributed by atoms with van der Waals surface area (Å²) in [5.74, 6) is 0. The Kier molecular flexibility index (Phi) is 5.64. The van der Waals surface area contributed by atoms with Gasteiger partial charge in [-0.05, 0) is 20.3 Å². The van der Waals surface area contributed by atoms with Gasteiger partial charge in [-0.3, -0.25) is 0 Å². The van der Waals surface area contributed by atoms with Crippen LogP contribution in [0.1, 0.15) is 33.6 Å². The second-order valence-corrected chi connectivity index (χ2v) is 2.95. The zero-order chi connectivity index (χ0) is 7.98. The first-order chi connectivity index (χ1) is 4.66. The van der Waals surface area contributed by atoms with Crippen LogP contribution >= 0.6 is 0 Å². The average molecular weight is 145 g/mol. The quantitative estimate of drug-likeness (QED) is 0.608. The molecule has 0 aliphatic heterocycles. The Balaban J connectivity index is 3.12. The number of hydrogen-bond donors (Lipinski definition) is 2. The molecule has 0 amide bonds. The van der Waals surface area contributed by atoms with Crippen molar-refractivity contribution in [3.8, 4) is 0 Å². The minimum Gasteiger partial charge on any atom is -0.392 e. The van der Waals surface area contributed by atoms with Crippen molar-refractivity contribution >= 4 is 0 Å². The lowest BCUT2D eigenvalue weighted by molar-refractivity contribution is 0.186. The van der Waals surface area contributed by atoms with Crippen molar-refractivity contribution in [3.63, 3.8) is 0 Å². The lowest BCUT2D eigenvalue weighted by Crippen LogP contribution is -2.32. The zero-order valence-corrected chi connectivity index (χ0v) is 7.22. The van der Waals surface area contributed by atoms with E-state index in [4.69, 9.17) is 5.11 Å². The van der Waals surface area contributed by atoms with Crippen LogP contribution in [-0.4, -0.2) is 23.8 Å². The number of aliphatic hydroxyl groups is 1. The molecule has 0 aliphatic rings. The maximum absolute atomic E-state index is 8.91. The van der Waals surface area contributed by atoms with Gasteiger partial charge in [0.25, 0.3) is 0 Å². The molecule has 0 heterocycles. The highest BCUT2D eigenvalue weighted by molar-refractivity contribution is 4.61. The first-order valence-electron chi connectivity index (χ1n) is 4.08. The molecule has 0 aromatic heterocycles. The maximum atomic E-state index is 8.91. The summed E-state index contributed by atoms with van der Waals surface area (Å²) >= 11 is 0. The van der Waals surface area contributed by atoms with Gasteiger partial charge in [0.2, 0.25) is 0 Å². The molecular formula is C8H19NO. The van der Waals surface area contributed by atoms with Crippen molar-refractivity contribution < 1.29 is 5.11 Å². The smallest absolute Gasteiger partial charge is 0.0636 e. The average Bonchev–Trinajstić information content (AvgIpc) is 1.85. The molecule has 0 radical (unpaired) electrons. The van der Waals surface area contributed by atoms with Crippen LogP contribution in [0.3, 0.4) is 0 Å². The summed E-state index contributed by atoms with van der Waals surface area (Å²) in [6, 6.07) is 0.541. The molecule has 2 unspecified atom stereocenters. The number of aliphatic hydroxyl groups excluding tert-OH is 1.